The number of H-pyrrole nitrogens is 1. The largest absolute Gasteiger partial charge is 0.438 e. The van der Waals surface area contributed by atoms with Gasteiger partial charge in [-0.1, -0.05) is 36.0 Å². The summed E-state index contributed by atoms with van der Waals surface area (Å²) in [6.07, 6.45) is 11.8. The molecule has 1 saturated carbocycles. The van der Waals surface area contributed by atoms with Crippen LogP contribution in [0.3, 0.4) is 0 Å². The molecule has 3 fully saturated rings. The number of hydrogen-bond donors (Lipinski definition) is 1. The maximum atomic E-state index is 15.4. The van der Waals surface area contributed by atoms with Crippen LogP contribution in [0, 0.1) is 13.8 Å². The third-order valence-corrected chi connectivity index (χ3v) is 14.4. The van der Waals surface area contributed by atoms with E-state index in [1.165, 1.54) is 5.56 Å². The molecule has 0 spiro atoms. The molecule has 7 aromatic rings. The molecule has 1 aliphatic carbocycles. The van der Waals surface area contributed by atoms with Crippen LogP contribution in [0.2, 0.25) is 0 Å². The Labute approximate surface area is 380 Å². The zero-order valence-corrected chi connectivity index (χ0v) is 37.6. The van der Waals surface area contributed by atoms with Crippen LogP contribution >= 0.6 is 0 Å². The molecule has 1 N–H and O–H groups in total. The number of imidazole rings is 1. The Hall–Kier alpha value is -6.84. The van der Waals surface area contributed by atoms with Gasteiger partial charge in [0.2, 0.25) is 0 Å². The first-order valence-corrected chi connectivity index (χ1v) is 23.0. The molecule has 338 valence electrons. The number of piperidine rings is 1. The third kappa shape index (κ3) is 7.03. The van der Waals surface area contributed by atoms with Crippen molar-refractivity contribution in [1.82, 2.24) is 38.5 Å². The second-order valence-corrected chi connectivity index (χ2v) is 18.3. The van der Waals surface area contributed by atoms with Crippen molar-refractivity contribution in [2.45, 2.75) is 76.3 Å². The molecule has 66 heavy (non-hydrogen) atoms. The van der Waals surface area contributed by atoms with E-state index < -0.39 is 11.3 Å². The van der Waals surface area contributed by atoms with Gasteiger partial charge in [0, 0.05) is 98.0 Å². The molecular formula is C51H53N9O6. The molecule has 0 bridgehead atoms. The quantitative estimate of drug-likeness (QED) is 0.141. The van der Waals surface area contributed by atoms with E-state index in [0.717, 1.165) is 92.8 Å². The standard InChI is InChI=1S/C51H53N9O6/c1-5-39-31(2)24-35(25-32(39)3)40-10-16-52-42-11-17-56(30-41(42)46(40)58-19-18-57(50(58)63)38-7-9-43-37(27-38)29-53-59(43)20-23-64-4)47(61)45-28-36-26-34(33-12-21-65-22-13-33)6-8-44(36)60(45)51(14-15-51)48-54-49(62)66-55-48/h5-9,18-19,24-29,33,40H,1,10-17,20-23,30H2,2-4H3,(H,54,55,62). The number of aryl methyl sites for hydroxylation is 2. The van der Waals surface area contributed by atoms with Gasteiger partial charge in [-0.15, -0.1) is 0 Å². The number of carbonyl (C=O) groups excluding carboxylic acids is 1. The molecule has 1 atom stereocenters. The van der Waals surface area contributed by atoms with Crippen molar-refractivity contribution in [3.8, 4) is 5.69 Å². The van der Waals surface area contributed by atoms with Gasteiger partial charge in [-0.3, -0.25) is 33.1 Å². The Bertz CT molecular complexity index is 3230. The van der Waals surface area contributed by atoms with Crippen LogP contribution in [0.15, 0.2) is 104 Å². The van der Waals surface area contributed by atoms with Crippen LogP contribution in [-0.2, 0) is 21.6 Å². The fraction of sp³-hybridized carbons (Fsp3) is 0.373. The highest BCUT2D eigenvalue weighted by molar-refractivity contribution is 6.09. The summed E-state index contributed by atoms with van der Waals surface area (Å²) in [5.74, 6) is -0.206. The SMILES string of the molecule is C=Cc1c(C)cc(C2CCN=C3CCN(C(=O)c4cc5cc(C6CCOCC6)ccc5n4C4(c5noc(=O)[nH]5)CC4)CC3=C2n2ccn(-c3ccc4c(cnn4CCOC)c3)c2=O)cc1C. The molecule has 3 aliphatic heterocycles. The van der Waals surface area contributed by atoms with E-state index in [2.05, 4.69) is 70.6 Å². The second-order valence-electron chi connectivity index (χ2n) is 18.3. The fourth-order valence-corrected chi connectivity index (χ4v) is 10.9. The van der Waals surface area contributed by atoms with Gasteiger partial charge < -0.3 is 18.9 Å². The maximum Gasteiger partial charge on any atom is 0.438 e. The minimum Gasteiger partial charge on any atom is -0.383 e. The number of methoxy groups -OCH3 is 1. The number of fused-ring (bicyclic) bond motifs is 3. The average molecular weight is 888 g/mol. The number of nitrogens with one attached hydrogen (secondary N) is 1. The van der Waals surface area contributed by atoms with E-state index in [1.54, 1.807) is 16.2 Å². The first-order valence-electron chi connectivity index (χ1n) is 23.0. The van der Waals surface area contributed by atoms with Gasteiger partial charge in [0.25, 0.3) is 5.91 Å². The minimum absolute atomic E-state index is 0.145. The van der Waals surface area contributed by atoms with E-state index in [1.807, 2.05) is 58.5 Å². The van der Waals surface area contributed by atoms with E-state index >= 15 is 4.79 Å². The number of aromatic amines is 1. The predicted molar refractivity (Wildman–Crippen MR) is 253 cm³/mol. The smallest absolute Gasteiger partial charge is 0.383 e. The van der Waals surface area contributed by atoms with Gasteiger partial charge in [-0.25, -0.2) is 9.59 Å². The summed E-state index contributed by atoms with van der Waals surface area (Å²) in [5, 5.41) is 10.6. The molecule has 3 aromatic carbocycles. The van der Waals surface area contributed by atoms with Crippen LogP contribution < -0.4 is 11.4 Å². The van der Waals surface area contributed by atoms with Crippen molar-refractivity contribution < 1.29 is 18.8 Å². The first-order chi connectivity index (χ1) is 32.1. The molecular weight excluding hydrogens is 835 g/mol. The number of ether oxygens (including phenoxy) is 2. The Balaban J connectivity index is 1.04. The number of likely N-dealkylation sites (tertiary alicyclic amines) is 1. The Morgan fingerprint density at radius 2 is 1.74 bits per heavy atom. The van der Waals surface area contributed by atoms with Gasteiger partial charge in [0.15, 0.2) is 5.82 Å². The van der Waals surface area contributed by atoms with Gasteiger partial charge in [0.1, 0.15) is 11.2 Å². The van der Waals surface area contributed by atoms with Crippen molar-refractivity contribution in [1.29, 1.82) is 0 Å². The predicted octanol–water partition coefficient (Wildman–Crippen LogP) is 7.34. The zero-order valence-electron chi connectivity index (χ0n) is 37.6. The highest BCUT2D eigenvalue weighted by Gasteiger charge is 2.52. The number of rotatable bonds is 11. The molecule has 1 unspecified atom stereocenters. The Morgan fingerprint density at radius 3 is 2.48 bits per heavy atom. The number of benzene rings is 3. The van der Waals surface area contributed by atoms with Crippen LogP contribution in [0.4, 0.5) is 0 Å². The van der Waals surface area contributed by atoms with Crippen LogP contribution in [-0.4, -0.2) is 96.7 Å². The number of carbonyl (C=O) groups is 1. The summed E-state index contributed by atoms with van der Waals surface area (Å²) in [5.41, 5.74) is 10.4. The number of aromatic nitrogens is 7. The van der Waals surface area contributed by atoms with Gasteiger partial charge in [-0.05, 0) is 116 Å². The molecule has 4 aliphatic rings. The first kappa shape index (κ1) is 41.8. The second kappa shape index (κ2) is 16.5. The van der Waals surface area contributed by atoms with Crippen molar-refractivity contribution in [2.75, 3.05) is 46.6 Å². The van der Waals surface area contributed by atoms with E-state index in [-0.39, 0.29) is 24.1 Å². The monoisotopic (exact) mass is 887 g/mol. The fourth-order valence-electron chi connectivity index (χ4n) is 10.9. The number of hydrogen-bond acceptors (Lipinski definition) is 9. The highest BCUT2D eigenvalue weighted by Crippen LogP contribution is 2.51. The van der Waals surface area contributed by atoms with Crippen LogP contribution in [0.5, 0.6) is 0 Å². The molecule has 1 amide bonds. The van der Waals surface area contributed by atoms with E-state index in [0.29, 0.717) is 69.4 Å². The summed E-state index contributed by atoms with van der Waals surface area (Å²) in [4.78, 5) is 52.7. The van der Waals surface area contributed by atoms with Crippen molar-refractivity contribution >= 4 is 45.2 Å². The molecule has 7 heterocycles. The number of nitrogens with zero attached hydrogens (tertiary/aromatic N) is 8. The van der Waals surface area contributed by atoms with Crippen molar-refractivity contribution in [3.63, 3.8) is 0 Å². The lowest BCUT2D eigenvalue weighted by Crippen LogP contribution is -2.42. The van der Waals surface area contributed by atoms with E-state index in [9.17, 15) is 9.59 Å². The maximum absolute atomic E-state index is 15.4. The lowest BCUT2D eigenvalue weighted by molar-refractivity contribution is 0.0757. The molecule has 15 nitrogen and oxygen atoms in total. The Morgan fingerprint density at radius 1 is 0.955 bits per heavy atom. The summed E-state index contributed by atoms with van der Waals surface area (Å²) in [7, 11) is 1.67. The summed E-state index contributed by atoms with van der Waals surface area (Å²) in [6.45, 7) is 12.2. The lowest BCUT2D eigenvalue weighted by atomic mass is 9.85. The van der Waals surface area contributed by atoms with Gasteiger partial charge >= 0.3 is 11.4 Å². The lowest BCUT2D eigenvalue weighted by Gasteiger charge is -2.33. The van der Waals surface area contributed by atoms with Crippen LogP contribution in [0.1, 0.15) is 94.5 Å². The summed E-state index contributed by atoms with van der Waals surface area (Å²) < 4.78 is 23.5. The molecule has 11 rings (SSSR count). The third-order valence-electron chi connectivity index (χ3n) is 14.4. The van der Waals surface area contributed by atoms with E-state index in [4.69, 9.17) is 19.0 Å². The molecule has 0 radical (unpaired) electrons. The summed E-state index contributed by atoms with van der Waals surface area (Å²) >= 11 is 0. The average Bonchev–Trinajstić information content (AvgIpc) is 3.54. The molecule has 4 aromatic heterocycles. The Kier molecular flexibility index (Phi) is 10.5. The number of aliphatic imine (C=N–C) groups is 1. The number of amides is 1. The normalized spacial score (nSPS) is 18.7. The van der Waals surface area contributed by atoms with Crippen LogP contribution in [0.25, 0.3) is 39.3 Å². The zero-order chi connectivity index (χ0) is 45.3. The summed E-state index contributed by atoms with van der Waals surface area (Å²) in [6, 6.07) is 18.8. The van der Waals surface area contributed by atoms with Gasteiger partial charge in [-0.2, -0.15) is 5.10 Å². The van der Waals surface area contributed by atoms with Crippen molar-refractivity contribution in [3.05, 3.63) is 146 Å². The number of allylic oxidation sites excluding steroid dienone is 1. The topological polar surface area (TPSA) is 160 Å². The molecule has 2 saturated heterocycles. The molecule has 15 heteroatoms. The minimum atomic E-state index is -0.742. The van der Waals surface area contributed by atoms with Gasteiger partial charge in [0.05, 0.1) is 30.6 Å². The highest BCUT2D eigenvalue weighted by atomic mass is 16.5. The van der Waals surface area contributed by atoms with Crippen molar-refractivity contribution in [2.24, 2.45) is 4.99 Å².